The SMILES string of the molecule is CCOC(=O)Nc1ccc2c(c1)CN(C(=O)c1ccccc1)CC2. The Bertz CT molecular complexity index is 744. The molecule has 0 radical (unpaired) electrons. The van der Waals surface area contributed by atoms with Crippen LogP contribution in [0.4, 0.5) is 10.5 Å². The molecule has 0 spiro atoms. The van der Waals surface area contributed by atoms with E-state index in [1.807, 2.05) is 53.4 Å². The quantitative estimate of drug-likeness (QED) is 0.940. The molecule has 5 heteroatoms. The van der Waals surface area contributed by atoms with Crippen LogP contribution >= 0.6 is 0 Å². The lowest BCUT2D eigenvalue weighted by Gasteiger charge is -2.29. The summed E-state index contributed by atoms with van der Waals surface area (Å²) in [7, 11) is 0. The normalized spacial score (nSPS) is 13.1. The van der Waals surface area contributed by atoms with E-state index in [2.05, 4.69) is 5.32 Å². The predicted molar refractivity (Wildman–Crippen MR) is 92.0 cm³/mol. The monoisotopic (exact) mass is 324 g/mol. The predicted octanol–water partition coefficient (Wildman–Crippen LogP) is 3.45. The third kappa shape index (κ3) is 3.56. The number of anilines is 1. The van der Waals surface area contributed by atoms with E-state index in [4.69, 9.17) is 4.74 Å². The van der Waals surface area contributed by atoms with Crippen molar-refractivity contribution in [2.24, 2.45) is 0 Å². The average Bonchev–Trinajstić information content (AvgIpc) is 2.61. The van der Waals surface area contributed by atoms with Crippen molar-refractivity contribution in [3.63, 3.8) is 0 Å². The maximum atomic E-state index is 12.6. The number of hydrogen-bond donors (Lipinski definition) is 1. The second-order valence-corrected chi connectivity index (χ2v) is 5.67. The zero-order chi connectivity index (χ0) is 16.9. The topological polar surface area (TPSA) is 58.6 Å². The van der Waals surface area contributed by atoms with Crippen molar-refractivity contribution in [2.75, 3.05) is 18.5 Å². The largest absolute Gasteiger partial charge is 0.450 e. The van der Waals surface area contributed by atoms with Crippen molar-refractivity contribution in [3.05, 3.63) is 65.2 Å². The standard InChI is InChI=1S/C19H20N2O3/c1-2-24-19(23)20-17-9-8-14-10-11-21(13-16(14)12-17)18(22)15-6-4-3-5-7-15/h3-9,12H,2,10-11,13H2,1H3,(H,20,23). The van der Waals surface area contributed by atoms with Crippen molar-refractivity contribution in [1.29, 1.82) is 0 Å². The molecule has 1 heterocycles. The van der Waals surface area contributed by atoms with Gasteiger partial charge in [-0.15, -0.1) is 0 Å². The first-order chi connectivity index (χ1) is 11.7. The lowest BCUT2D eigenvalue weighted by atomic mass is 9.98. The molecule has 1 aliphatic heterocycles. The molecule has 2 amide bonds. The molecule has 124 valence electrons. The molecule has 24 heavy (non-hydrogen) atoms. The molecule has 5 nitrogen and oxygen atoms in total. The lowest BCUT2D eigenvalue weighted by Crippen LogP contribution is -2.36. The minimum Gasteiger partial charge on any atom is -0.450 e. The molecular formula is C19H20N2O3. The van der Waals surface area contributed by atoms with E-state index in [0.717, 1.165) is 12.0 Å². The van der Waals surface area contributed by atoms with Crippen LogP contribution in [0.1, 0.15) is 28.4 Å². The molecule has 0 saturated carbocycles. The van der Waals surface area contributed by atoms with Crippen molar-refractivity contribution in [2.45, 2.75) is 19.9 Å². The number of nitrogens with zero attached hydrogens (tertiary/aromatic N) is 1. The van der Waals surface area contributed by atoms with Gasteiger partial charge >= 0.3 is 6.09 Å². The Hall–Kier alpha value is -2.82. The van der Waals surface area contributed by atoms with Crippen LogP contribution < -0.4 is 5.32 Å². The van der Waals surface area contributed by atoms with Crippen LogP contribution in [0.15, 0.2) is 48.5 Å². The Morgan fingerprint density at radius 1 is 1.12 bits per heavy atom. The van der Waals surface area contributed by atoms with Gasteiger partial charge in [0.05, 0.1) is 6.61 Å². The first kappa shape index (κ1) is 16.1. The van der Waals surface area contributed by atoms with Gasteiger partial charge in [-0.2, -0.15) is 0 Å². The molecule has 0 bridgehead atoms. The number of nitrogens with one attached hydrogen (secondary N) is 1. The first-order valence-corrected chi connectivity index (χ1v) is 8.07. The zero-order valence-corrected chi connectivity index (χ0v) is 13.6. The number of carbonyl (C=O) groups excluding carboxylic acids is 2. The summed E-state index contributed by atoms with van der Waals surface area (Å²) >= 11 is 0. The summed E-state index contributed by atoms with van der Waals surface area (Å²) in [6.45, 7) is 3.34. The van der Waals surface area contributed by atoms with E-state index in [1.165, 1.54) is 5.56 Å². The molecule has 0 aliphatic carbocycles. The van der Waals surface area contributed by atoms with E-state index < -0.39 is 6.09 Å². The molecule has 1 N–H and O–H groups in total. The summed E-state index contributed by atoms with van der Waals surface area (Å²) in [5.74, 6) is 0.0324. The third-order valence-corrected chi connectivity index (χ3v) is 4.05. The smallest absolute Gasteiger partial charge is 0.411 e. The van der Waals surface area contributed by atoms with Gasteiger partial charge in [0.1, 0.15) is 0 Å². The molecule has 0 aromatic heterocycles. The minimum atomic E-state index is -0.467. The maximum Gasteiger partial charge on any atom is 0.411 e. The Labute approximate surface area is 141 Å². The lowest BCUT2D eigenvalue weighted by molar-refractivity contribution is 0.0734. The fraction of sp³-hybridized carbons (Fsp3) is 0.263. The highest BCUT2D eigenvalue weighted by Crippen LogP contribution is 2.24. The summed E-state index contributed by atoms with van der Waals surface area (Å²) < 4.78 is 4.89. The van der Waals surface area contributed by atoms with Crippen molar-refractivity contribution in [3.8, 4) is 0 Å². The molecular weight excluding hydrogens is 304 g/mol. The number of hydrogen-bond acceptors (Lipinski definition) is 3. The highest BCUT2D eigenvalue weighted by Gasteiger charge is 2.22. The molecule has 0 fully saturated rings. The van der Waals surface area contributed by atoms with Gasteiger partial charge in [0, 0.05) is 24.3 Å². The van der Waals surface area contributed by atoms with Gasteiger partial charge in [-0.25, -0.2) is 4.79 Å². The molecule has 0 unspecified atom stereocenters. The van der Waals surface area contributed by atoms with Gasteiger partial charge < -0.3 is 9.64 Å². The molecule has 2 aromatic rings. The average molecular weight is 324 g/mol. The number of benzene rings is 2. The zero-order valence-electron chi connectivity index (χ0n) is 13.6. The fourth-order valence-electron chi connectivity index (χ4n) is 2.86. The van der Waals surface area contributed by atoms with Gasteiger partial charge in [-0.1, -0.05) is 24.3 Å². The van der Waals surface area contributed by atoms with Gasteiger partial charge in [-0.05, 0) is 48.7 Å². The van der Waals surface area contributed by atoms with Crippen LogP contribution in [0.5, 0.6) is 0 Å². The maximum absolute atomic E-state index is 12.6. The van der Waals surface area contributed by atoms with Crippen LogP contribution in [0, 0.1) is 0 Å². The second kappa shape index (κ2) is 7.17. The van der Waals surface area contributed by atoms with Gasteiger partial charge in [0.25, 0.3) is 5.91 Å². The van der Waals surface area contributed by atoms with Crippen molar-refractivity contribution in [1.82, 2.24) is 4.90 Å². The van der Waals surface area contributed by atoms with Crippen LogP contribution in [-0.4, -0.2) is 30.1 Å². The van der Waals surface area contributed by atoms with E-state index in [-0.39, 0.29) is 5.91 Å². The molecule has 0 atom stereocenters. The number of carbonyl (C=O) groups is 2. The van der Waals surface area contributed by atoms with E-state index >= 15 is 0 Å². The summed E-state index contributed by atoms with van der Waals surface area (Å²) in [5.41, 5.74) is 3.64. The Morgan fingerprint density at radius 3 is 2.67 bits per heavy atom. The summed E-state index contributed by atoms with van der Waals surface area (Å²) in [6.07, 6.45) is 0.346. The minimum absolute atomic E-state index is 0.0324. The molecule has 0 saturated heterocycles. The number of rotatable bonds is 3. The van der Waals surface area contributed by atoms with Gasteiger partial charge in [0.2, 0.25) is 0 Å². The van der Waals surface area contributed by atoms with E-state index in [9.17, 15) is 9.59 Å². The van der Waals surface area contributed by atoms with E-state index in [0.29, 0.717) is 30.9 Å². The van der Waals surface area contributed by atoms with Crippen LogP contribution in [0.2, 0.25) is 0 Å². The van der Waals surface area contributed by atoms with Crippen molar-refractivity contribution >= 4 is 17.7 Å². The third-order valence-electron chi connectivity index (χ3n) is 4.05. The Kier molecular flexibility index (Phi) is 4.79. The Morgan fingerprint density at radius 2 is 1.92 bits per heavy atom. The van der Waals surface area contributed by atoms with Crippen LogP contribution in [-0.2, 0) is 17.7 Å². The molecule has 3 rings (SSSR count). The first-order valence-electron chi connectivity index (χ1n) is 8.07. The molecule has 2 aromatic carbocycles. The highest BCUT2D eigenvalue weighted by molar-refractivity contribution is 5.94. The summed E-state index contributed by atoms with van der Waals surface area (Å²) in [4.78, 5) is 26.0. The van der Waals surface area contributed by atoms with Crippen LogP contribution in [0.3, 0.4) is 0 Å². The number of amides is 2. The summed E-state index contributed by atoms with van der Waals surface area (Å²) in [5, 5.41) is 2.70. The number of ether oxygens (including phenoxy) is 1. The Balaban J connectivity index is 1.74. The van der Waals surface area contributed by atoms with Crippen LogP contribution in [0.25, 0.3) is 0 Å². The van der Waals surface area contributed by atoms with Gasteiger partial charge in [-0.3, -0.25) is 10.1 Å². The highest BCUT2D eigenvalue weighted by atomic mass is 16.5. The molecule has 1 aliphatic rings. The van der Waals surface area contributed by atoms with Crippen molar-refractivity contribution < 1.29 is 14.3 Å². The van der Waals surface area contributed by atoms with E-state index in [1.54, 1.807) is 6.92 Å². The summed E-state index contributed by atoms with van der Waals surface area (Å²) in [6, 6.07) is 15.1. The fourth-order valence-corrected chi connectivity index (χ4v) is 2.86. The number of fused-ring (bicyclic) bond motifs is 1. The second-order valence-electron chi connectivity index (χ2n) is 5.67. The van der Waals surface area contributed by atoms with Gasteiger partial charge in [0.15, 0.2) is 0 Å².